The Morgan fingerprint density at radius 3 is 1.42 bits per heavy atom. The number of fused-ring (bicyclic) bond motifs is 2. The second-order valence-corrected chi connectivity index (χ2v) is 12.5. The second-order valence-electron chi connectivity index (χ2n) is 12.5. The van der Waals surface area contributed by atoms with Crippen molar-refractivity contribution in [2.75, 3.05) is 11.9 Å². The number of rotatable bonds is 6. The summed E-state index contributed by atoms with van der Waals surface area (Å²) in [6, 6.07) is 57.4. The fourth-order valence-corrected chi connectivity index (χ4v) is 6.69. The van der Waals surface area contributed by atoms with Crippen molar-refractivity contribution in [1.29, 1.82) is 0 Å². The molecule has 1 aliphatic heterocycles. The van der Waals surface area contributed by atoms with Crippen LogP contribution in [0.25, 0.3) is 84.4 Å². The standard InChI is InChI=1S/C46H32N4/c1-3-9-36(10-4-1)44-48-45(37-11-5-2-6-12-37)50-46(49-44)38-24-18-32(19-25-38)40-27-21-33-20-26-39(29-41(33)30-40)31-16-22-34(23-17-31)42-15-7-13-35-14-8-28-47-43(35)42/h1-27,29-30,47H,28H2. The van der Waals surface area contributed by atoms with Crippen molar-refractivity contribution >= 4 is 22.5 Å². The van der Waals surface area contributed by atoms with Crippen molar-refractivity contribution in [3.05, 3.63) is 175 Å². The van der Waals surface area contributed by atoms with E-state index < -0.39 is 0 Å². The fraction of sp³-hybridized carbons (Fsp3) is 0.0217. The lowest BCUT2D eigenvalue weighted by Crippen LogP contribution is -2.05. The number of anilines is 1. The van der Waals surface area contributed by atoms with Crippen LogP contribution in [0, 0.1) is 0 Å². The highest BCUT2D eigenvalue weighted by molar-refractivity contribution is 5.92. The molecule has 236 valence electrons. The van der Waals surface area contributed by atoms with Crippen molar-refractivity contribution in [3.63, 3.8) is 0 Å². The van der Waals surface area contributed by atoms with Crippen LogP contribution < -0.4 is 5.32 Å². The number of para-hydroxylation sites is 1. The topological polar surface area (TPSA) is 50.7 Å². The molecule has 2 heterocycles. The molecule has 8 aromatic rings. The van der Waals surface area contributed by atoms with Crippen LogP contribution in [0.3, 0.4) is 0 Å². The van der Waals surface area contributed by atoms with Crippen molar-refractivity contribution in [1.82, 2.24) is 15.0 Å². The first-order valence-electron chi connectivity index (χ1n) is 16.9. The smallest absolute Gasteiger partial charge is 0.164 e. The molecule has 4 heteroatoms. The monoisotopic (exact) mass is 640 g/mol. The zero-order valence-corrected chi connectivity index (χ0v) is 27.3. The van der Waals surface area contributed by atoms with Gasteiger partial charge in [0.2, 0.25) is 0 Å². The highest BCUT2D eigenvalue weighted by atomic mass is 15.0. The number of nitrogens with zero attached hydrogens (tertiary/aromatic N) is 3. The summed E-state index contributed by atoms with van der Waals surface area (Å²) in [5, 5.41) is 5.97. The Morgan fingerprint density at radius 2 is 0.860 bits per heavy atom. The molecule has 0 fully saturated rings. The average Bonchev–Trinajstić information content (AvgIpc) is 3.21. The quantitative estimate of drug-likeness (QED) is 0.196. The number of hydrogen-bond donors (Lipinski definition) is 1. The third kappa shape index (κ3) is 5.73. The van der Waals surface area contributed by atoms with Gasteiger partial charge in [0.1, 0.15) is 0 Å². The minimum Gasteiger partial charge on any atom is -0.381 e. The Bertz CT molecular complexity index is 2450. The van der Waals surface area contributed by atoms with E-state index in [1.54, 1.807) is 0 Å². The second kappa shape index (κ2) is 12.8. The number of nitrogens with one attached hydrogen (secondary N) is 1. The third-order valence-electron chi connectivity index (χ3n) is 9.34. The molecule has 50 heavy (non-hydrogen) atoms. The summed E-state index contributed by atoms with van der Waals surface area (Å²) in [7, 11) is 0. The lowest BCUT2D eigenvalue weighted by molar-refractivity contribution is 1.07. The van der Waals surface area contributed by atoms with Gasteiger partial charge in [-0.15, -0.1) is 0 Å². The van der Waals surface area contributed by atoms with Gasteiger partial charge in [0, 0.05) is 34.5 Å². The van der Waals surface area contributed by atoms with Gasteiger partial charge in [-0.1, -0.05) is 164 Å². The molecule has 0 saturated heterocycles. The molecule has 0 aliphatic carbocycles. The fourth-order valence-electron chi connectivity index (χ4n) is 6.69. The van der Waals surface area contributed by atoms with E-state index in [1.807, 2.05) is 60.7 Å². The summed E-state index contributed by atoms with van der Waals surface area (Å²) in [5.41, 5.74) is 12.5. The van der Waals surface area contributed by atoms with Gasteiger partial charge in [0.25, 0.3) is 0 Å². The maximum atomic E-state index is 4.89. The minimum atomic E-state index is 0.652. The molecular formula is C46H32N4. The first kappa shape index (κ1) is 29.5. The van der Waals surface area contributed by atoms with Crippen molar-refractivity contribution in [3.8, 4) is 67.5 Å². The van der Waals surface area contributed by atoms with E-state index in [9.17, 15) is 0 Å². The first-order valence-corrected chi connectivity index (χ1v) is 16.9. The molecule has 1 N–H and O–H groups in total. The highest BCUT2D eigenvalue weighted by Gasteiger charge is 2.14. The molecule has 0 amide bonds. The summed E-state index contributed by atoms with van der Waals surface area (Å²) >= 11 is 0. The molecule has 0 saturated carbocycles. The van der Waals surface area contributed by atoms with Gasteiger partial charge in [0.15, 0.2) is 17.5 Å². The van der Waals surface area contributed by atoms with Crippen LogP contribution in [0.1, 0.15) is 5.56 Å². The van der Waals surface area contributed by atoms with Crippen LogP contribution in [0.5, 0.6) is 0 Å². The summed E-state index contributed by atoms with van der Waals surface area (Å²) in [6.07, 6.45) is 4.36. The molecule has 0 radical (unpaired) electrons. The van der Waals surface area contributed by atoms with E-state index in [1.165, 1.54) is 44.3 Å². The molecule has 0 atom stereocenters. The van der Waals surface area contributed by atoms with Crippen LogP contribution in [0.4, 0.5) is 5.69 Å². The molecule has 1 aliphatic rings. The number of benzene rings is 7. The number of hydrogen-bond acceptors (Lipinski definition) is 4. The van der Waals surface area contributed by atoms with Crippen molar-refractivity contribution in [2.24, 2.45) is 0 Å². The van der Waals surface area contributed by atoms with Crippen molar-refractivity contribution < 1.29 is 0 Å². The van der Waals surface area contributed by atoms with Gasteiger partial charge < -0.3 is 5.32 Å². The van der Waals surface area contributed by atoms with E-state index in [4.69, 9.17) is 15.0 Å². The Balaban J connectivity index is 1.01. The minimum absolute atomic E-state index is 0.652. The van der Waals surface area contributed by atoms with Crippen molar-refractivity contribution in [2.45, 2.75) is 0 Å². The SMILES string of the molecule is C1=Cc2cccc(-c3ccc(-c4ccc5ccc(-c6ccc(-c7nc(-c8ccccc8)nc(-c8ccccc8)n7)cc6)cc5c4)cc3)c2NC1. The Kier molecular flexibility index (Phi) is 7.52. The summed E-state index contributed by atoms with van der Waals surface area (Å²) in [5.74, 6) is 1.97. The zero-order chi connectivity index (χ0) is 33.3. The van der Waals surface area contributed by atoms with E-state index >= 15 is 0 Å². The van der Waals surface area contributed by atoms with Gasteiger partial charge in [-0.05, 0) is 56.3 Å². The van der Waals surface area contributed by atoms with E-state index in [0.29, 0.717) is 17.5 Å². The molecule has 0 bridgehead atoms. The Labute approximate surface area is 291 Å². The maximum Gasteiger partial charge on any atom is 0.164 e. The molecule has 0 unspecified atom stereocenters. The average molecular weight is 641 g/mol. The predicted octanol–water partition coefficient (Wildman–Crippen LogP) is 11.5. The van der Waals surface area contributed by atoms with E-state index in [2.05, 4.69) is 121 Å². The maximum absolute atomic E-state index is 4.89. The molecular weight excluding hydrogens is 609 g/mol. The normalized spacial score (nSPS) is 12.0. The third-order valence-corrected chi connectivity index (χ3v) is 9.34. The molecule has 9 rings (SSSR count). The van der Waals surface area contributed by atoms with Crippen LogP contribution in [0.2, 0.25) is 0 Å². The van der Waals surface area contributed by atoms with Gasteiger partial charge in [0.05, 0.1) is 0 Å². The Morgan fingerprint density at radius 1 is 0.380 bits per heavy atom. The van der Waals surface area contributed by atoms with Gasteiger partial charge >= 0.3 is 0 Å². The zero-order valence-electron chi connectivity index (χ0n) is 27.3. The van der Waals surface area contributed by atoms with Crippen LogP contribution >= 0.6 is 0 Å². The van der Waals surface area contributed by atoms with E-state index in [0.717, 1.165) is 34.4 Å². The highest BCUT2D eigenvalue weighted by Crippen LogP contribution is 2.36. The largest absolute Gasteiger partial charge is 0.381 e. The predicted molar refractivity (Wildman–Crippen MR) is 207 cm³/mol. The van der Waals surface area contributed by atoms with Gasteiger partial charge in [-0.3, -0.25) is 0 Å². The molecule has 7 aromatic carbocycles. The Hall–Kier alpha value is -6.65. The summed E-state index contributed by atoms with van der Waals surface area (Å²) in [4.78, 5) is 14.6. The van der Waals surface area contributed by atoms with Crippen LogP contribution in [-0.2, 0) is 0 Å². The molecule has 1 aromatic heterocycles. The lowest BCUT2D eigenvalue weighted by Gasteiger charge is -2.17. The van der Waals surface area contributed by atoms with Crippen LogP contribution in [0.15, 0.2) is 170 Å². The molecule has 4 nitrogen and oxygen atoms in total. The van der Waals surface area contributed by atoms with Gasteiger partial charge in [-0.2, -0.15) is 0 Å². The lowest BCUT2D eigenvalue weighted by atomic mass is 9.94. The summed E-state index contributed by atoms with van der Waals surface area (Å²) < 4.78 is 0. The molecule has 0 spiro atoms. The first-order chi connectivity index (χ1) is 24.7. The number of aromatic nitrogens is 3. The van der Waals surface area contributed by atoms with E-state index in [-0.39, 0.29) is 0 Å². The van der Waals surface area contributed by atoms with Crippen LogP contribution in [-0.4, -0.2) is 21.5 Å². The van der Waals surface area contributed by atoms with Gasteiger partial charge in [-0.25, -0.2) is 15.0 Å². The summed E-state index contributed by atoms with van der Waals surface area (Å²) in [6.45, 7) is 0.857.